The maximum Gasteiger partial charge on any atom is 0.253 e. The summed E-state index contributed by atoms with van der Waals surface area (Å²) in [7, 11) is 0. The zero-order valence-electron chi connectivity index (χ0n) is 13.0. The average Bonchev–Trinajstić information content (AvgIpc) is 2.55. The molecule has 0 saturated heterocycles. The van der Waals surface area contributed by atoms with Gasteiger partial charge >= 0.3 is 0 Å². The smallest absolute Gasteiger partial charge is 0.253 e. The van der Waals surface area contributed by atoms with Crippen LogP contribution >= 0.6 is 0 Å². The summed E-state index contributed by atoms with van der Waals surface area (Å²) in [5.41, 5.74) is 1.01. The highest BCUT2D eigenvalue weighted by atomic mass is 19.1. The second-order valence-electron chi connectivity index (χ2n) is 5.28. The van der Waals surface area contributed by atoms with Gasteiger partial charge < -0.3 is 15.0 Å². The van der Waals surface area contributed by atoms with Gasteiger partial charge in [-0.05, 0) is 43.3 Å². The first-order valence-corrected chi connectivity index (χ1v) is 7.54. The van der Waals surface area contributed by atoms with E-state index in [4.69, 9.17) is 4.74 Å². The van der Waals surface area contributed by atoms with Crippen molar-refractivity contribution < 1.29 is 13.5 Å². The van der Waals surface area contributed by atoms with Crippen molar-refractivity contribution in [2.75, 3.05) is 11.9 Å². The molecule has 0 bridgehead atoms. The Balaban J connectivity index is 1.88. The number of rotatable bonds is 5. The number of ether oxygens (including phenoxy) is 1. The summed E-state index contributed by atoms with van der Waals surface area (Å²) in [6.45, 7) is 2.56. The number of nitrogens with one attached hydrogen (secondary N) is 2. The Morgan fingerprint density at radius 2 is 1.96 bits per heavy atom. The van der Waals surface area contributed by atoms with Crippen molar-refractivity contribution in [1.29, 1.82) is 0 Å². The molecule has 0 unspecified atom stereocenters. The number of anilines is 1. The summed E-state index contributed by atoms with van der Waals surface area (Å²) in [5.74, 6) is -0.642. The monoisotopic (exact) mass is 330 g/mol. The molecule has 6 heteroatoms. The molecule has 2 N–H and O–H groups in total. The zero-order chi connectivity index (χ0) is 17.1. The Hall–Kier alpha value is -2.89. The highest BCUT2D eigenvalue weighted by Crippen LogP contribution is 2.20. The number of fused-ring (bicyclic) bond motifs is 1. The van der Waals surface area contributed by atoms with Crippen LogP contribution in [0.3, 0.4) is 0 Å². The number of H-pyrrole nitrogens is 1. The third kappa shape index (κ3) is 3.37. The van der Waals surface area contributed by atoms with E-state index < -0.39 is 11.6 Å². The van der Waals surface area contributed by atoms with Gasteiger partial charge in [-0.25, -0.2) is 8.78 Å². The van der Waals surface area contributed by atoms with Crippen molar-refractivity contribution in [3.63, 3.8) is 0 Å². The van der Waals surface area contributed by atoms with Gasteiger partial charge in [0.25, 0.3) is 5.56 Å². The molecule has 1 aromatic heterocycles. The number of pyridine rings is 1. The van der Waals surface area contributed by atoms with Crippen molar-refractivity contribution in [2.45, 2.75) is 13.5 Å². The lowest BCUT2D eigenvalue weighted by molar-refractivity contribution is 0.340. The van der Waals surface area contributed by atoms with E-state index in [1.165, 1.54) is 6.07 Å². The molecule has 4 nitrogen and oxygen atoms in total. The van der Waals surface area contributed by atoms with E-state index in [1.807, 2.05) is 13.0 Å². The first-order valence-electron chi connectivity index (χ1n) is 7.54. The quantitative estimate of drug-likeness (QED) is 0.748. The number of hydrogen-bond acceptors (Lipinski definition) is 3. The largest absolute Gasteiger partial charge is 0.494 e. The minimum Gasteiger partial charge on any atom is -0.494 e. The van der Waals surface area contributed by atoms with Crippen molar-refractivity contribution >= 4 is 16.6 Å². The van der Waals surface area contributed by atoms with Crippen LogP contribution in [0.5, 0.6) is 5.75 Å². The third-order valence-electron chi connectivity index (χ3n) is 3.60. The molecule has 0 radical (unpaired) electrons. The first kappa shape index (κ1) is 16.0. The van der Waals surface area contributed by atoms with E-state index in [-0.39, 0.29) is 17.8 Å². The van der Waals surface area contributed by atoms with Gasteiger partial charge in [-0.1, -0.05) is 0 Å². The first-order chi connectivity index (χ1) is 11.6. The van der Waals surface area contributed by atoms with Gasteiger partial charge in [0.15, 0.2) is 0 Å². The van der Waals surface area contributed by atoms with Gasteiger partial charge in [0.05, 0.1) is 12.3 Å². The number of halogens is 2. The molecule has 24 heavy (non-hydrogen) atoms. The minimum atomic E-state index is -0.703. The fourth-order valence-electron chi connectivity index (χ4n) is 2.44. The van der Waals surface area contributed by atoms with Crippen LogP contribution in [0.15, 0.2) is 47.3 Å². The summed E-state index contributed by atoms with van der Waals surface area (Å²) in [6.07, 6.45) is 0. The van der Waals surface area contributed by atoms with Crippen LogP contribution in [-0.4, -0.2) is 11.6 Å². The summed E-state index contributed by atoms with van der Waals surface area (Å²) < 4.78 is 32.0. The fourth-order valence-corrected chi connectivity index (χ4v) is 2.44. The molecular formula is C18H16F2N2O2. The average molecular weight is 330 g/mol. The molecule has 0 spiro atoms. The van der Waals surface area contributed by atoms with Crippen LogP contribution in [0, 0.1) is 11.6 Å². The SMILES string of the molecule is CCOc1ccc2[nH]c(=O)c(CNc3ccc(F)cc3F)cc2c1. The Morgan fingerprint density at radius 1 is 1.12 bits per heavy atom. The lowest BCUT2D eigenvalue weighted by atomic mass is 10.1. The van der Waals surface area contributed by atoms with Gasteiger partial charge in [-0.2, -0.15) is 0 Å². The molecule has 0 amide bonds. The molecular weight excluding hydrogens is 314 g/mol. The van der Waals surface area contributed by atoms with Gasteiger partial charge in [0.2, 0.25) is 0 Å². The Bertz CT molecular complexity index is 938. The molecule has 1 heterocycles. The van der Waals surface area contributed by atoms with E-state index in [9.17, 15) is 13.6 Å². The minimum absolute atomic E-state index is 0.118. The second kappa shape index (κ2) is 6.70. The molecule has 0 aliphatic heterocycles. The van der Waals surface area contributed by atoms with E-state index in [0.29, 0.717) is 23.4 Å². The van der Waals surface area contributed by atoms with Crippen molar-refractivity contribution in [1.82, 2.24) is 4.98 Å². The van der Waals surface area contributed by atoms with E-state index in [1.54, 1.807) is 18.2 Å². The Morgan fingerprint density at radius 3 is 2.71 bits per heavy atom. The predicted molar refractivity (Wildman–Crippen MR) is 89.4 cm³/mol. The molecule has 124 valence electrons. The fraction of sp³-hybridized carbons (Fsp3) is 0.167. The maximum atomic E-state index is 13.6. The summed E-state index contributed by atoms with van der Waals surface area (Å²) in [6, 6.07) is 10.4. The second-order valence-corrected chi connectivity index (χ2v) is 5.28. The molecule has 3 rings (SSSR count). The number of aromatic amines is 1. The molecule has 0 aliphatic rings. The topological polar surface area (TPSA) is 54.1 Å². The highest BCUT2D eigenvalue weighted by Gasteiger charge is 2.07. The number of hydrogen-bond donors (Lipinski definition) is 2. The third-order valence-corrected chi connectivity index (χ3v) is 3.60. The van der Waals surface area contributed by atoms with E-state index in [0.717, 1.165) is 17.5 Å². The Labute approximate surface area is 137 Å². The highest BCUT2D eigenvalue weighted by molar-refractivity contribution is 5.80. The van der Waals surface area contributed by atoms with E-state index >= 15 is 0 Å². The molecule has 0 saturated carbocycles. The van der Waals surface area contributed by atoms with Gasteiger partial charge in [-0.3, -0.25) is 4.79 Å². The van der Waals surface area contributed by atoms with E-state index in [2.05, 4.69) is 10.3 Å². The van der Waals surface area contributed by atoms with Crippen LogP contribution in [0.1, 0.15) is 12.5 Å². The summed E-state index contributed by atoms with van der Waals surface area (Å²) in [4.78, 5) is 14.9. The zero-order valence-corrected chi connectivity index (χ0v) is 13.0. The van der Waals surface area contributed by atoms with Crippen LogP contribution in [-0.2, 0) is 6.54 Å². The summed E-state index contributed by atoms with van der Waals surface area (Å²) in [5, 5.41) is 3.63. The molecule has 0 atom stereocenters. The Kier molecular flexibility index (Phi) is 4.46. The normalized spacial score (nSPS) is 10.8. The van der Waals surface area contributed by atoms with Gasteiger partial charge in [-0.15, -0.1) is 0 Å². The molecule has 2 aromatic carbocycles. The van der Waals surface area contributed by atoms with Crippen LogP contribution in [0.4, 0.5) is 14.5 Å². The molecule has 3 aromatic rings. The predicted octanol–water partition coefficient (Wildman–Crippen LogP) is 3.82. The van der Waals surface area contributed by atoms with Crippen LogP contribution in [0.2, 0.25) is 0 Å². The summed E-state index contributed by atoms with van der Waals surface area (Å²) >= 11 is 0. The number of benzene rings is 2. The molecule has 0 aliphatic carbocycles. The van der Waals surface area contributed by atoms with Gasteiger partial charge in [0, 0.05) is 29.1 Å². The standard InChI is InChI=1S/C18H16F2N2O2/c1-2-24-14-4-6-16-11(8-14)7-12(18(23)22-16)10-21-17-5-3-13(19)9-15(17)20/h3-9,21H,2,10H2,1H3,(H,22,23). The van der Waals surface area contributed by atoms with Crippen molar-refractivity contribution in [3.05, 3.63) is 70.0 Å². The van der Waals surface area contributed by atoms with Crippen molar-refractivity contribution in [2.24, 2.45) is 0 Å². The van der Waals surface area contributed by atoms with Crippen molar-refractivity contribution in [3.8, 4) is 5.75 Å². The maximum absolute atomic E-state index is 13.6. The lowest BCUT2D eigenvalue weighted by Gasteiger charge is -2.09. The lowest BCUT2D eigenvalue weighted by Crippen LogP contribution is -2.16. The number of aromatic nitrogens is 1. The van der Waals surface area contributed by atoms with Crippen LogP contribution in [0.25, 0.3) is 10.9 Å². The van der Waals surface area contributed by atoms with Crippen LogP contribution < -0.4 is 15.6 Å². The molecule has 0 fully saturated rings. The van der Waals surface area contributed by atoms with Gasteiger partial charge in [0.1, 0.15) is 17.4 Å².